The SMILES string of the molecule is CN(C)Cc1sccc1-c1cc[c]cc1. The van der Waals surface area contributed by atoms with Crippen molar-refractivity contribution < 1.29 is 0 Å². The van der Waals surface area contributed by atoms with Gasteiger partial charge in [0.2, 0.25) is 0 Å². The van der Waals surface area contributed by atoms with Crippen LogP contribution in [0.2, 0.25) is 0 Å². The highest BCUT2D eigenvalue weighted by Gasteiger charge is 2.06. The Bertz CT molecular complexity index is 417. The first-order valence-electron chi connectivity index (χ1n) is 4.95. The first-order valence-corrected chi connectivity index (χ1v) is 5.83. The summed E-state index contributed by atoms with van der Waals surface area (Å²) in [4.78, 5) is 3.62. The van der Waals surface area contributed by atoms with E-state index in [2.05, 4.69) is 48.6 Å². The maximum Gasteiger partial charge on any atom is 0.0328 e. The van der Waals surface area contributed by atoms with Crippen molar-refractivity contribution in [3.05, 3.63) is 46.7 Å². The molecular weight excluding hydrogens is 202 g/mol. The highest BCUT2D eigenvalue weighted by atomic mass is 32.1. The topological polar surface area (TPSA) is 3.24 Å². The van der Waals surface area contributed by atoms with Crippen LogP contribution in [0.1, 0.15) is 4.88 Å². The summed E-state index contributed by atoms with van der Waals surface area (Å²) < 4.78 is 0. The van der Waals surface area contributed by atoms with Crippen LogP contribution in [-0.2, 0) is 6.54 Å². The fraction of sp³-hybridized carbons (Fsp3) is 0.231. The number of rotatable bonds is 3. The third-order valence-corrected chi connectivity index (χ3v) is 3.14. The molecule has 2 heteroatoms. The zero-order chi connectivity index (χ0) is 10.7. The lowest BCUT2D eigenvalue weighted by atomic mass is 10.1. The molecule has 0 aliphatic rings. The lowest BCUT2D eigenvalue weighted by molar-refractivity contribution is 0.407. The summed E-state index contributed by atoms with van der Waals surface area (Å²) in [6.07, 6.45) is 0. The fourth-order valence-electron chi connectivity index (χ4n) is 1.57. The Balaban J connectivity index is 2.33. The molecule has 2 aromatic rings. The van der Waals surface area contributed by atoms with Gasteiger partial charge in [-0.1, -0.05) is 24.3 Å². The molecule has 0 aliphatic carbocycles. The number of benzene rings is 1. The monoisotopic (exact) mass is 216 g/mol. The maximum atomic E-state index is 3.05. The van der Waals surface area contributed by atoms with Crippen LogP contribution in [-0.4, -0.2) is 19.0 Å². The Hall–Kier alpha value is -1.12. The molecule has 0 aliphatic heterocycles. The second-order valence-electron chi connectivity index (χ2n) is 3.78. The number of thiophene rings is 1. The van der Waals surface area contributed by atoms with E-state index in [1.807, 2.05) is 23.5 Å². The molecule has 2 rings (SSSR count). The van der Waals surface area contributed by atoms with Crippen LogP contribution >= 0.6 is 11.3 Å². The Morgan fingerprint density at radius 2 is 1.93 bits per heavy atom. The summed E-state index contributed by atoms with van der Waals surface area (Å²) in [5, 5.41) is 2.16. The van der Waals surface area contributed by atoms with Crippen molar-refractivity contribution in [3.63, 3.8) is 0 Å². The van der Waals surface area contributed by atoms with Crippen molar-refractivity contribution in [1.29, 1.82) is 0 Å². The van der Waals surface area contributed by atoms with E-state index in [0.717, 1.165) is 6.54 Å². The zero-order valence-corrected chi connectivity index (χ0v) is 9.84. The minimum atomic E-state index is 1.01. The summed E-state index contributed by atoms with van der Waals surface area (Å²) in [5.74, 6) is 0. The first kappa shape index (κ1) is 10.4. The second kappa shape index (κ2) is 4.60. The van der Waals surface area contributed by atoms with Gasteiger partial charge in [-0.3, -0.25) is 0 Å². The normalized spacial score (nSPS) is 10.9. The second-order valence-corrected chi connectivity index (χ2v) is 4.78. The summed E-state index contributed by atoms with van der Waals surface area (Å²) in [6.45, 7) is 1.01. The predicted octanol–water partition coefficient (Wildman–Crippen LogP) is 3.28. The van der Waals surface area contributed by atoms with Gasteiger partial charge < -0.3 is 4.90 Å². The molecule has 1 radical (unpaired) electrons. The van der Waals surface area contributed by atoms with Gasteiger partial charge in [0, 0.05) is 11.4 Å². The van der Waals surface area contributed by atoms with Gasteiger partial charge in [0.1, 0.15) is 0 Å². The molecule has 77 valence electrons. The van der Waals surface area contributed by atoms with Crippen molar-refractivity contribution in [2.45, 2.75) is 6.54 Å². The molecule has 0 unspecified atom stereocenters. The van der Waals surface area contributed by atoms with Gasteiger partial charge in [-0.25, -0.2) is 0 Å². The van der Waals surface area contributed by atoms with Crippen LogP contribution < -0.4 is 0 Å². The van der Waals surface area contributed by atoms with E-state index in [1.54, 1.807) is 0 Å². The smallest absolute Gasteiger partial charge is 0.0328 e. The van der Waals surface area contributed by atoms with Crippen LogP contribution in [0, 0.1) is 6.07 Å². The molecule has 0 fully saturated rings. The Morgan fingerprint density at radius 1 is 1.20 bits per heavy atom. The van der Waals surface area contributed by atoms with E-state index in [9.17, 15) is 0 Å². The Kier molecular flexibility index (Phi) is 3.19. The van der Waals surface area contributed by atoms with E-state index in [4.69, 9.17) is 0 Å². The minimum absolute atomic E-state index is 1.01. The van der Waals surface area contributed by atoms with Crippen LogP contribution in [0.4, 0.5) is 0 Å². The molecule has 1 aromatic heterocycles. The van der Waals surface area contributed by atoms with Crippen molar-refractivity contribution in [3.8, 4) is 11.1 Å². The molecule has 0 spiro atoms. The van der Waals surface area contributed by atoms with Crippen molar-refractivity contribution in [2.75, 3.05) is 14.1 Å². The highest BCUT2D eigenvalue weighted by molar-refractivity contribution is 7.10. The quantitative estimate of drug-likeness (QED) is 0.761. The average Bonchev–Trinajstić information content (AvgIpc) is 2.66. The summed E-state index contributed by atoms with van der Waals surface area (Å²) >= 11 is 1.82. The molecule has 15 heavy (non-hydrogen) atoms. The van der Waals surface area contributed by atoms with Gasteiger partial charge in [-0.05, 0) is 42.7 Å². The number of nitrogens with zero attached hydrogens (tertiary/aromatic N) is 1. The molecule has 1 aromatic carbocycles. The third-order valence-electron chi connectivity index (χ3n) is 2.23. The molecule has 0 amide bonds. The molecule has 0 saturated carbocycles. The number of hydrogen-bond donors (Lipinski definition) is 0. The van der Waals surface area contributed by atoms with Crippen molar-refractivity contribution in [2.24, 2.45) is 0 Å². The van der Waals surface area contributed by atoms with Crippen LogP contribution in [0.25, 0.3) is 11.1 Å². The highest BCUT2D eigenvalue weighted by Crippen LogP contribution is 2.28. The van der Waals surface area contributed by atoms with Gasteiger partial charge in [0.15, 0.2) is 0 Å². The van der Waals surface area contributed by atoms with Crippen LogP contribution in [0.15, 0.2) is 35.7 Å². The lowest BCUT2D eigenvalue weighted by Gasteiger charge is -2.10. The maximum absolute atomic E-state index is 3.05. The van der Waals surface area contributed by atoms with Gasteiger partial charge >= 0.3 is 0 Å². The van der Waals surface area contributed by atoms with E-state index < -0.39 is 0 Å². The molecule has 0 bridgehead atoms. The Labute approximate surface area is 95.0 Å². The van der Waals surface area contributed by atoms with Gasteiger partial charge in [-0.15, -0.1) is 11.3 Å². The number of hydrogen-bond acceptors (Lipinski definition) is 2. The summed E-state index contributed by atoms with van der Waals surface area (Å²) in [7, 11) is 4.20. The van der Waals surface area contributed by atoms with Crippen molar-refractivity contribution >= 4 is 11.3 Å². The van der Waals surface area contributed by atoms with Crippen molar-refractivity contribution in [1.82, 2.24) is 4.90 Å². The lowest BCUT2D eigenvalue weighted by Crippen LogP contribution is -2.09. The largest absolute Gasteiger partial charge is 0.304 e. The summed E-state index contributed by atoms with van der Waals surface area (Å²) in [6, 6.07) is 13.4. The van der Waals surface area contributed by atoms with Gasteiger partial charge in [0.25, 0.3) is 0 Å². The van der Waals surface area contributed by atoms with E-state index >= 15 is 0 Å². The molecule has 0 N–H and O–H groups in total. The van der Waals surface area contributed by atoms with E-state index in [-0.39, 0.29) is 0 Å². The molecule has 1 heterocycles. The van der Waals surface area contributed by atoms with Gasteiger partial charge in [0.05, 0.1) is 0 Å². The van der Waals surface area contributed by atoms with Crippen LogP contribution in [0.3, 0.4) is 0 Å². The van der Waals surface area contributed by atoms with Gasteiger partial charge in [-0.2, -0.15) is 0 Å². The molecule has 0 saturated heterocycles. The minimum Gasteiger partial charge on any atom is -0.304 e. The third kappa shape index (κ3) is 2.46. The fourth-order valence-corrected chi connectivity index (χ4v) is 2.59. The van der Waals surface area contributed by atoms with E-state index in [0.29, 0.717) is 0 Å². The first-order chi connectivity index (χ1) is 7.27. The average molecular weight is 216 g/mol. The van der Waals surface area contributed by atoms with Crippen LogP contribution in [0.5, 0.6) is 0 Å². The Morgan fingerprint density at radius 3 is 2.60 bits per heavy atom. The predicted molar refractivity (Wildman–Crippen MR) is 66.0 cm³/mol. The molecular formula is C13H14NS. The summed E-state index contributed by atoms with van der Waals surface area (Å²) in [5.41, 5.74) is 2.63. The molecule has 0 atom stereocenters. The van der Waals surface area contributed by atoms with E-state index in [1.165, 1.54) is 16.0 Å². The molecule has 1 nitrogen and oxygen atoms in total. The standard InChI is InChI=1S/C13H14NS/c1-14(2)10-13-12(8-9-15-13)11-6-4-3-5-7-11/h4-9H,10H2,1-2H3. The zero-order valence-electron chi connectivity index (χ0n) is 9.03.